The van der Waals surface area contributed by atoms with Crippen LogP contribution in [0.3, 0.4) is 0 Å². The number of carbonyl (C=O) groups is 1. The van der Waals surface area contributed by atoms with Crippen LogP contribution in [0.1, 0.15) is 35.2 Å². The van der Waals surface area contributed by atoms with E-state index >= 15 is 0 Å². The minimum absolute atomic E-state index is 0.0480. The second-order valence-electron chi connectivity index (χ2n) is 5.29. The molecule has 19 heavy (non-hydrogen) atoms. The first-order valence-corrected chi connectivity index (χ1v) is 6.66. The van der Waals surface area contributed by atoms with Gasteiger partial charge in [-0.05, 0) is 42.4 Å². The van der Waals surface area contributed by atoms with Crippen molar-refractivity contribution in [2.45, 2.75) is 25.9 Å². The van der Waals surface area contributed by atoms with E-state index < -0.39 is 0 Å². The smallest absolute Gasteiger partial charge is 0.251 e. The Morgan fingerprint density at radius 2 is 2.05 bits per heavy atom. The number of aliphatic hydroxyl groups is 1. The van der Waals surface area contributed by atoms with E-state index in [0.717, 1.165) is 24.8 Å². The van der Waals surface area contributed by atoms with Gasteiger partial charge in [0.15, 0.2) is 0 Å². The van der Waals surface area contributed by atoms with Gasteiger partial charge in [0.1, 0.15) is 0 Å². The highest BCUT2D eigenvalue weighted by Gasteiger charge is 2.41. The van der Waals surface area contributed by atoms with Crippen LogP contribution in [-0.4, -0.2) is 31.3 Å². The number of hydrogen-bond donors (Lipinski definition) is 2. The van der Waals surface area contributed by atoms with E-state index in [2.05, 4.69) is 5.32 Å². The molecule has 0 saturated heterocycles. The third kappa shape index (κ3) is 3.78. The van der Waals surface area contributed by atoms with Crippen molar-refractivity contribution < 1.29 is 14.6 Å². The molecule has 2 N–H and O–H groups in total. The molecule has 0 spiro atoms. The van der Waals surface area contributed by atoms with Gasteiger partial charge in [-0.15, -0.1) is 0 Å². The van der Waals surface area contributed by atoms with Crippen molar-refractivity contribution >= 4 is 5.91 Å². The number of amides is 1. The van der Waals surface area contributed by atoms with E-state index in [1.54, 1.807) is 7.11 Å². The van der Waals surface area contributed by atoms with Gasteiger partial charge in [-0.3, -0.25) is 4.79 Å². The molecule has 1 aromatic carbocycles. The van der Waals surface area contributed by atoms with Crippen molar-refractivity contribution in [2.24, 2.45) is 5.41 Å². The summed E-state index contributed by atoms with van der Waals surface area (Å²) in [6.07, 6.45) is 2.97. The Morgan fingerprint density at radius 1 is 1.37 bits per heavy atom. The van der Waals surface area contributed by atoms with Crippen LogP contribution in [0.15, 0.2) is 24.3 Å². The summed E-state index contributed by atoms with van der Waals surface area (Å²) in [5.74, 6) is -0.0480. The van der Waals surface area contributed by atoms with Crippen LogP contribution >= 0.6 is 0 Å². The molecule has 2 rings (SSSR count). The minimum atomic E-state index is -0.0480. The molecular weight excluding hydrogens is 242 g/mol. The molecule has 4 nitrogen and oxygen atoms in total. The Labute approximate surface area is 113 Å². The van der Waals surface area contributed by atoms with E-state index in [-0.39, 0.29) is 17.9 Å². The van der Waals surface area contributed by atoms with Crippen molar-refractivity contribution in [1.29, 1.82) is 0 Å². The van der Waals surface area contributed by atoms with E-state index in [9.17, 15) is 4.79 Å². The topological polar surface area (TPSA) is 58.6 Å². The maximum atomic E-state index is 12.0. The standard InChI is InChI=1S/C15H21NO3/c1-19-10-12-2-4-13(5-3-12)14(18)16-11-15(6-7-15)8-9-17/h2-5,17H,6-11H2,1H3,(H,16,18). The molecular formula is C15H21NO3. The highest BCUT2D eigenvalue weighted by molar-refractivity contribution is 5.94. The maximum Gasteiger partial charge on any atom is 0.251 e. The molecule has 0 bridgehead atoms. The van der Waals surface area contributed by atoms with Gasteiger partial charge in [0, 0.05) is 25.8 Å². The summed E-state index contributed by atoms with van der Waals surface area (Å²) in [6.45, 7) is 1.41. The lowest BCUT2D eigenvalue weighted by atomic mass is 10.0. The van der Waals surface area contributed by atoms with E-state index in [1.807, 2.05) is 24.3 Å². The van der Waals surface area contributed by atoms with Crippen LogP contribution in [0.25, 0.3) is 0 Å². The van der Waals surface area contributed by atoms with Crippen LogP contribution in [0.2, 0.25) is 0 Å². The van der Waals surface area contributed by atoms with E-state index in [0.29, 0.717) is 18.7 Å². The molecule has 4 heteroatoms. The van der Waals surface area contributed by atoms with Gasteiger partial charge in [-0.1, -0.05) is 12.1 Å². The molecule has 0 unspecified atom stereocenters. The Balaban J connectivity index is 1.86. The molecule has 1 saturated carbocycles. The maximum absolute atomic E-state index is 12.0. The minimum Gasteiger partial charge on any atom is -0.396 e. The highest BCUT2D eigenvalue weighted by atomic mass is 16.5. The summed E-state index contributed by atoms with van der Waals surface area (Å²) in [5, 5.41) is 11.9. The average Bonchev–Trinajstić information content (AvgIpc) is 3.18. The molecule has 0 aliphatic heterocycles. The summed E-state index contributed by atoms with van der Waals surface area (Å²) in [5.41, 5.74) is 1.87. The van der Waals surface area contributed by atoms with Gasteiger partial charge in [0.05, 0.1) is 6.61 Å². The molecule has 0 heterocycles. The number of rotatable bonds is 7. The number of methoxy groups -OCH3 is 1. The van der Waals surface area contributed by atoms with Gasteiger partial charge in [0.2, 0.25) is 0 Å². The predicted molar refractivity (Wildman–Crippen MR) is 72.9 cm³/mol. The fourth-order valence-electron chi connectivity index (χ4n) is 2.22. The zero-order valence-corrected chi connectivity index (χ0v) is 11.3. The SMILES string of the molecule is COCc1ccc(C(=O)NCC2(CCO)CC2)cc1. The molecule has 1 aliphatic rings. The summed E-state index contributed by atoms with van der Waals surface area (Å²) in [7, 11) is 1.65. The Kier molecular flexibility index (Phi) is 4.56. The normalized spacial score (nSPS) is 16.1. The quantitative estimate of drug-likeness (QED) is 0.787. The highest BCUT2D eigenvalue weighted by Crippen LogP contribution is 2.47. The Morgan fingerprint density at radius 3 is 2.58 bits per heavy atom. The molecule has 0 aromatic heterocycles. The Hall–Kier alpha value is -1.39. The van der Waals surface area contributed by atoms with Crippen LogP contribution < -0.4 is 5.32 Å². The summed E-state index contributed by atoms with van der Waals surface area (Å²) >= 11 is 0. The van der Waals surface area contributed by atoms with Crippen molar-refractivity contribution in [3.63, 3.8) is 0 Å². The molecule has 104 valence electrons. The van der Waals surface area contributed by atoms with Crippen LogP contribution in [-0.2, 0) is 11.3 Å². The fourth-order valence-corrected chi connectivity index (χ4v) is 2.22. The lowest BCUT2D eigenvalue weighted by molar-refractivity contribution is 0.0940. The van der Waals surface area contributed by atoms with Gasteiger partial charge >= 0.3 is 0 Å². The monoisotopic (exact) mass is 263 g/mol. The molecule has 1 aromatic rings. The molecule has 0 radical (unpaired) electrons. The first-order valence-electron chi connectivity index (χ1n) is 6.66. The van der Waals surface area contributed by atoms with Gasteiger partial charge < -0.3 is 15.2 Å². The second kappa shape index (κ2) is 6.17. The van der Waals surface area contributed by atoms with Gasteiger partial charge in [0.25, 0.3) is 5.91 Å². The number of aliphatic hydroxyl groups excluding tert-OH is 1. The van der Waals surface area contributed by atoms with Crippen LogP contribution in [0.4, 0.5) is 0 Å². The van der Waals surface area contributed by atoms with Crippen molar-refractivity contribution in [3.8, 4) is 0 Å². The first-order chi connectivity index (χ1) is 9.19. The number of ether oxygens (including phenoxy) is 1. The molecule has 1 aliphatic carbocycles. The third-order valence-corrected chi connectivity index (χ3v) is 3.75. The molecule has 0 atom stereocenters. The number of benzene rings is 1. The fraction of sp³-hybridized carbons (Fsp3) is 0.533. The van der Waals surface area contributed by atoms with E-state index in [1.165, 1.54) is 0 Å². The lowest BCUT2D eigenvalue weighted by Crippen LogP contribution is -2.30. The van der Waals surface area contributed by atoms with Gasteiger partial charge in [-0.25, -0.2) is 0 Å². The largest absolute Gasteiger partial charge is 0.396 e. The lowest BCUT2D eigenvalue weighted by Gasteiger charge is -2.14. The van der Waals surface area contributed by atoms with Crippen LogP contribution in [0, 0.1) is 5.41 Å². The summed E-state index contributed by atoms with van der Waals surface area (Å²) in [4.78, 5) is 12.0. The summed E-state index contributed by atoms with van der Waals surface area (Å²) < 4.78 is 5.03. The van der Waals surface area contributed by atoms with Crippen molar-refractivity contribution in [3.05, 3.63) is 35.4 Å². The van der Waals surface area contributed by atoms with Crippen molar-refractivity contribution in [1.82, 2.24) is 5.32 Å². The van der Waals surface area contributed by atoms with Crippen molar-refractivity contribution in [2.75, 3.05) is 20.3 Å². The average molecular weight is 263 g/mol. The predicted octanol–water partition coefficient (Wildman–Crippen LogP) is 1.73. The molecule has 1 amide bonds. The van der Waals surface area contributed by atoms with E-state index in [4.69, 9.17) is 9.84 Å². The van der Waals surface area contributed by atoms with Crippen LogP contribution in [0.5, 0.6) is 0 Å². The number of nitrogens with one attached hydrogen (secondary N) is 1. The Bertz CT molecular complexity index is 424. The second-order valence-corrected chi connectivity index (χ2v) is 5.29. The van der Waals surface area contributed by atoms with Gasteiger partial charge in [-0.2, -0.15) is 0 Å². The zero-order valence-electron chi connectivity index (χ0n) is 11.3. The number of hydrogen-bond acceptors (Lipinski definition) is 3. The third-order valence-electron chi connectivity index (χ3n) is 3.75. The zero-order chi connectivity index (χ0) is 13.7. The molecule has 1 fully saturated rings. The summed E-state index contributed by atoms with van der Waals surface area (Å²) in [6, 6.07) is 7.43. The number of carbonyl (C=O) groups excluding carboxylic acids is 1. The first kappa shape index (κ1) is 14.0.